The van der Waals surface area contributed by atoms with Gasteiger partial charge >= 0.3 is 0 Å². The molecule has 0 aliphatic heterocycles. The van der Waals surface area contributed by atoms with Crippen LogP contribution in [0.5, 0.6) is 0 Å². The van der Waals surface area contributed by atoms with Crippen molar-refractivity contribution in [3.63, 3.8) is 0 Å². The molecule has 0 radical (unpaired) electrons. The van der Waals surface area contributed by atoms with Gasteiger partial charge in [0, 0.05) is 9.79 Å². The molecule has 3 aromatic carbocycles. The molecule has 0 bridgehead atoms. The summed E-state index contributed by atoms with van der Waals surface area (Å²) in [6, 6.07) is 28.0. The molecule has 0 unspecified atom stereocenters. The SMILES string of the molecule is Cc1ccccc1Sc1ccc(Cc2ccccc2)cc1. The highest BCUT2D eigenvalue weighted by Crippen LogP contribution is 2.30. The molecule has 0 saturated heterocycles. The van der Waals surface area contributed by atoms with E-state index in [0.717, 1.165) is 6.42 Å². The molecule has 0 amide bonds. The molecule has 0 nitrogen and oxygen atoms in total. The van der Waals surface area contributed by atoms with Crippen molar-refractivity contribution in [2.24, 2.45) is 0 Å². The van der Waals surface area contributed by atoms with Gasteiger partial charge in [0.15, 0.2) is 0 Å². The molecule has 104 valence electrons. The topological polar surface area (TPSA) is 0 Å². The van der Waals surface area contributed by atoms with E-state index in [1.807, 2.05) is 11.8 Å². The van der Waals surface area contributed by atoms with Gasteiger partial charge in [-0.05, 0) is 48.2 Å². The Morgan fingerprint density at radius 2 is 1.29 bits per heavy atom. The van der Waals surface area contributed by atoms with Crippen molar-refractivity contribution in [3.8, 4) is 0 Å². The molecule has 0 aliphatic rings. The summed E-state index contributed by atoms with van der Waals surface area (Å²) in [4.78, 5) is 2.62. The van der Waals surface area contributed by atoms with Crippen LogP contribution in [0.1, 0.15) is 16.7 Å². The van der Waals surface area contributed by atoms with Crippen molar-refractivity contribution in [1.29, 1.82) is 0 Å². The summed E-state index contributed by atoms with van der Waals surface area (Å²) in [7, 11) is 0. The van der Waals surface area contributed by atoms with Gasteiger partial charge in [-0.1, -0.05) is 72.4 Å². The van der Waals surface area contributed by atoms with E-state index in [1.54, 1.807) is 0 Å². The lowest BCUT2D eigenvalue weighted by Crippen LogP contribution is -1.87. The van der Waals surface area contributed by atoms with Crippen molar-refractivity contribution in [3.05, 3.63) is 95.6 Å². The minimum absolute atomic E-state index is 0.996. The summed E-state index contributed by atoms with van der Waals surface area (Å²) in [5.41, 5.74) is 4.04. The Morgan fingerprint density at radius 1 is 0.667 bits per heavy atom. The van der Waals surface area contributed by atoms with Crippen LogP contribution in [0, 0.1) is 6.92 Å². The first-order valence-corrected chi connectivity index (χ1v) is 7.99. The quantitative estimate of drug-likeness (QED) is 0.590. The maximum absolute atomic E-state index is 2.23. The van der Waals surface area contributed by atoms with Crippen molar-refractivity contribution in [1.82, 2.24) is 0 Å². The second-order valence-corrected chi connectivity index (χ2v) is 6.29. The normalized spacial score (nSPS) is 10.5. The summed E-state index contributed by atoms with van der Waals surface area (Å²) >= 11 is 1.83. The Labute approximate surface area is 130 Å². The second-order valence-electron chi connectivity index (χ2n) is 5.17. The molecule has 0 atom stereocenters. The minimum Gasteiger partial charge on any atom is -0.0898 e. The van der Waals surface area contributed by atoms with Crippen molar-refractivity contribution >= 4 is 11.8 Å². The van der Waals surface area contributed by atoms with Crippen LogP contribution in [-0.2, 0) is 6.42 Å². The number of hydrogen-bond acceptors (Lipinski definition) is 1. The Balaban J connectivity index is 1.71. The summed E-state index contributed by atoms with van der Waals surface area (Å²) in [5.74, 6) is 0. The van der Waals surface area contributed by atoms with Crippen LogP contribution in [0.25, 0.3) is 0 Å². The van der Waals surface area contributed by atoms with Gasteiger partial charge in [-0.2, -0.15) is 0 Å². The molecule has 3 aromatic rings. The van der Waals surface area contributed by atoms with Gasteiger partial charge in [-0.15, -0.1) is 0 Å². The fourth-order valence-electron chi connectivity index (χ4n) is 2.30. The van der Waals surface area contributed by atoms with Crippen molar-refractivity contribution < 1.29 is 0 Å². The van der Waals surface area contributed by atoms with E-state index in [2.05, 4.69) is 85.8 Å². The summed E-state index contributed by atoms with van der Waals surface area (Å²) in [6.07, 6.45) is 0.996. The van der Waals surface area contributed by atoms with Gasteiger partial charge in [-0.3, -0.25) is 0 Å². The third-order valence-corrected chi connectivity index (χ3v) is 4.68. The monoisotopic (exact) mass is 290 g/mol. The van der Waals surface area contributed by atoms with Crippen LogP contribution < -0.4 is 0 Å². The van der Waals surface area contributed by atoms with Gasteiger partial charge < -0.3 is 0 Å². The van der Waals surface area contributed by atoms with E-state index in [4.69, 9.17) is 0 Å². The van der Waals surface area contributed by atoms with Crippen LogP contribution in [-0.4, -0.2) is 0 Å². The summed E-state index contributed by atoms with van der Waals surface area (Å²) in [6.45, 7) is 2.16. The highest BCUT2D eigenvalue weighted by molar-refractivity contribution is 7.99. The molecule has 21 heavy (non-hydrogen) atoms. The predicted molar refractivity (Wildman–Crippen MR) is 91.0 cm³/mol. The molecule has 1 heteroatoms. The average molecular weight is 290 g/mol. The highest BCUT2D eigenvalue weighted by Gasteiger charge is 2.01. The maximum atomic E-state index is 2.23. The van der Waals surface area contributed by atoms with Crippen LogP contribution in [0.3, 0.4) is 0 Å². The highest BCUT2D eigenvalue weighted by atomic mass is 32.2. The lowest BCUT2D eigenvalue weighted by Gasteiger charge is -2.06. The zero-order valence-corrected chi connectivity index (χ0v) is 12.9. The van der Waals surface area contributed by atoms with E-state index in [1.165, 1.54) is 26.5 Å². The lowest BCUT2D eigenvalue weighted by molar-refractivity contribution is 1.18. The Morgan fingerprint density at radius 3 is 2.00 bits per heavy atom. The van der Waals surface area contributed by atoms with Gasteiger partial charge in [0.2, 0.25) is 0 Å². The molecule has 0 heterocycles. The van der Waals surface area contributed by atoms with Crippen molar-refractivity contribution in [2.75, 3.05) is 0 Å². The predicted octanol–water partition coefficient (Wildman–Crippen LogP) is 5.74. The Kier molecular flexibility index (Phi) is 4.42. The van der Waals surface area contributed by atoms with E-state index >= 15 is 0 Å². The third kappa shape index (κ3) is 3.77. The molecular formula is C20H18S. The molecule has 0 N–H and O–H groups in total. The van der Waals surface area contributed by atoms with Gasteiger partial charge in [0.05, 0.1) is 0 Å². The standard InChI is InChI=1S/C20H18S/c1-16-7-5-6-10-20(16)21-19-13-11-18(12-14-19)15-17-8-3-2-4-9-17/h2-14H,15H2,1H3. The molecule has 0 fully saturated rings. The van der Waals surface area contributed by atoms with E-state index in [9.17, 15) is 0 Å². The number of rotatable bonds is 4. The maximum Gasteiger partial charge on any atom is 0.0151 e. The molecule has 0 saturated carbocycles. The van der Waals surface area contributed by atoms with Crippen LogP contribution in [0.2, 0.25) is 0 Å². The fraction of sp³-hybridized carbons (Fsp3) is 0.100. The number of benzene rings is 3. The van der Waals surface area contributed by atoms with E-state index in [0.29, 0.717) is 0 Å². The largest absolute Gasteiger partial charge is 0.0898 e. The Bertz CT molecular complexity index is 699. The minimum atomic E-state index is 0.996. The first kappa shape index (κ1) is 14.0. The van der Waals surface area contributed by atoms with Crippen LogP contribution in [0.4, 0.5) is 0 Å². The smallest absolute Gasteiger partial charge is 0.0151 e. The first-order valence-electron chi connectivity index (χ1n) is 7.17. The molecule has 0 aromatic heterocycles. The average Bonchev–Trinajstić information content (AvgIpc) is 2.52. The molecule has 0 aliphatic carbocycles. The van der Waals surface area contributed by atoms with E-state index < -0.39 is 0 Å². The summed E-state index contributed by atoms with van der Waals surface area (Å²) < 4.78 is 0. The zero-order valence-electron chi connectivity index (χ0n) is 12.1. The van der Waals surface area contributed by atoms with Crippen LogP contribution >= 0.6 is 11.8 Å². The lowest BCUT2D eigenvalue weighted by atomic mass is 10.1. The first-order chi connectivity index (χ1) is 10.3. The number of aryl methyl sites for hydroxylation is 1. The van der Waals surface area contributed by atoms with E-state index in [-0.39, 0.29) is 0 Å². The van der Waals surface area contributed by atoms with Crippen LogP contribution in [0.15, 0.2) is 88.7 Å². The number of hydrogen-bond donors (Lipinski definition) is 0. The van der Waals surface area contributed by atoms with Gasteiger partial charge in [-0.25, -0.2) is 0 Å². The van der Waals surface area contributed by atoms with Crippen molar-refractivity contribution in [2.45, 2.75) is 23.1 Å². The molecular weight excluding hydrogens is 272 g/mol. The van der Waals surface area contributed by atoms with Gasteiger partial charge in [0.25, 0.3) is 0 Å². The van der Waals surface area contributed by atoms with Gasteiger partial charge in [0.1, 0.15) is 0 Å². The Hall–Kier alpha value is -1.99. The zero-order chi connectivity index (χ0) is 14.5. The fourth-order valence-corrected chi connectivity index (χ4v) is 3.21. The second kappa shape index (κ2) is 6.64. The molecule has 3 rings (SSSR count). The summed E-state index contributed by atoms with van der Waals surface area (Å²) in [5, 5.41) is 0. The molecule has 0 spiro atoms. The third-order valence-electron chi connectivity index (χ3n) is 3.50.